The summed E-state index contributed by atoms with van der Waals surface area (Å²) >= 11 is 0. The minimum atomic E-state index is 0.105. The number of aromatic nitrogens is 1. The molecule has 0 aromatic carbocycles. The Labute approximate surface area is 151 Å². The first-order valence-electron chi connectivity index (χ1n) is 9.56. The van der Waals surface area contributed by atoms with Crippen molar-refractivity contribution in [3.63, 3.8) is 0 Å². The van der Waals surface area contributed by atoms with Gasteiger partial charge in [0.05, 0.1) is 0 Å². The molecule has 138 valence electrons. The van der Waals surface area contributed by atoms with E-state index in [1.807, 2.05) is 19.1 Å². The zero-order valence-corrected chi connectivity index (χ0v) is 15.7. The van der Waals surface area contributed by atoms with Crippen LogP contribution in [0.5, 0.6) is 0 Å². The second kappa shape index (κ2) is 8.28. The Balaban J connectivity index is 1.65. The summed E-state index contributed by atoms with van der Waals surface area (Å²) in [4.78, 5) is 21.9. The lowest BCUT2D eigenvalue weighted by Gasteiger charge is -2.48. The highest BCUT2D eigenvalue weighted by Crippen LogP contribution is 2.38. The van der Waals surface area contributed by atoms with Gasteiger partial charge in [0.2, 0.25) is 0 Å². The number of hydrogen-bond acceptors (Lipinski definition) is 4. The second-order valence-electron chi connectivity index (χ2n) is 7.73. The SMILES string of the molecule is COCCCN1CCCC2(CCCN(C(=O)c3ncccc3C)C2)C1. The maximum absolute atomic E-state index is 13.0. The van der Waals surface area contributed by atoms with E-state index < -0.39 is 0 Å². The zero-order valence-electron chi connectivity index (χ0n) is 15.7. The van der Waals surface area contributed by atoms with Crippen molar-refractivity contribution in [2.45, 2.75) is 39.0 Å². The first-order chi connectivity index (χ1) is 12.1. The fourth-order valence-corrected chi connectivity index (χ4v) is 4.51. The Morgan fingerprint density at radius 2 is 2.08 bits per heavy atom. The minimum Gasteiger partial charge on any atom is -0.385 e. The molecule has 2 saturated heterocycles. The Morgan fingerprint density at radius 3 is 2.84 bits per heavy atom. The Bertz CT molecular complexity index is 588. The third kappa shape index (κ3) is 4.39. The van der Waals surface area contributed by atoms with Gasteiger partial charge in [0.15, 0.2) is 0 Å². The standard InChI is InChI=1S/C20H31N3O2/c1-17-7-3-10-21-18(17)19(24)23-13-5-9-20(16-23)8-4-11-22(15-20)12-6-14-25-2/h3,7,10H,4-6,8-9,11-16H2,1-2H3. The molecule has 1 aromatic heterocycles. The molecular weight excluding hydrogens is 314 g/mol. The van der Waals surface area contributed by atoms with E-state index in [-0.39, 0.29) is 11.3 Å². The van der Waals surface area contributed by atoms with Gasteiger partial charge in [0.25, 0.3) is 5.91 Å². The fraction of sp³-hybridized carbons (Fsp3) is 0.700. The van der Waals surface area contributed by atoms with Crippen LogP contribution in [0, 0.1) is 12.3 Å². The average Bonchev–Trinajstić information content (AvgIpc) is 2.62. The maximum Gasteiger partial charge on any atom is 0.272 e. The first-order valence-corrected chi connectivity index (χ1v) is 9.56. The van der Waals surface area contributed by atoms with Crippen molar-refractivity contribution in [2.75, 3.05) is 46.4 Å². The number of amides is 1. The molecule has 3 heterocycles. The van der Waals surface area contributed by atoms with E-state index in [1.165, 1.54) is 25.8 Å². The van der Waals surface area contributed by atoms with Crippen LogP contribution in [0.1, 0.15) is 48.2 Å². The second-order valence-corrected chi connectivity index (χ2v) is 7.73. The smallest absolute Gasteiger partial charge is 0.272 e. The summed E-state index contributed by atoms with van der Waals surface area (Å²) in [7, 11) is 1.77. The van der Waals surface area contributed by atoms with E-state index in [2.05, 4.69) is 14.8 Å². The van der Waals surface area contributed by atoms with Crippen LogP contribution in [0.4, 0.5) is 0 Å². The van der Waals surface area contributed by atoms with Gasteiger partial charge in [-0.1, -0.05) is 6.07 Å². The summed E-state index contributed by atoms with van der Waals surface area (Å²) in [5, 5.41) is 0. The molecule has 0 bridgehead atoms. The van der Waals surface area contributed by atoms with Crippen LogP contribution in [0.25, 0.3) is 0 Å². The minimum absolute atomic E-state index is 0.105. The molecule has 2 aliphatic rings. The largest absolute Gasteiger partial charge is 0.385 e. The highest BCUT2D eigenvalue weighted by Gasteiger charge is 2.40. The molecule has 1 aromatic rings. The molecule has 25 heavy (non-hydrogen) atoms. The van der Waals surface area contributed by atoms with E-state index in [1.54, 1.807) is 13.3 Å². The summed E-state index contributed by atoms with van der Waals surface area (Å²) in [6.07, 6.45) is 7.61. The number of carbonyl (C=O) groups excluding carboxylic acids is 1. The topological polar surface area (TPSA) is 45.7 Å². The predicted molar refractivity (Wildman–Crippen MR) is 98.7 cm³/mol. The van der Waals surface area contributed by atoms with E-state index >= 15 is 0 Å². The summed E-state index contributed by atoms with van der Waals surface area (Å²) in [5.41, 5.74) is 1.85. The van der Waals surface area contributed by atoms with Gasteiger partial charge < -0.3 is 14.5 Å². The quantitative estimate of drug-likeness (QED) is 0.770. The molecular formula is C20H31N3O2. The number of likely N-dealkylation sites (tertiary alicyclic amines) is 2. The molecule has 0 saturated carbocycles. The van der Waals surface area contributed by atoms with Crippen molar-refractivity contribution in [3.8, 4) is 0 Å². The highest BCUT2D eigenvalue weighted by atomic mass is 16.5. The number of methoxy groups -OCH3 is 1. The van der Waals surface area contributed by atoms with Crippen molar-refractivity contribution in [2.24, 2.45) is 5.41 Å². The van der Waals surface area contributed by atoms with Crippen LogP contribution < -0.4 is 0 Å². The molecule has 0 radical (unpaired) electrons. The van der Waals surface area contributed by atoms with Gasteiger partial charge in [0.1, 0.15) is 5.69 Å². The number of piperidine rings is 2. The number of nitrogens with zero attached hydrogens (tertiary/aromatic N) is 3. The predicted octanol–water partition coefficient (Wildman–Crippen LogP) is 2.74. The molecule has 1 unspecified atom stereocenters. The van der Waals surface area contributed by atoms with Gasteiger partial charge in [-0.25, -0.2) is 0 Å². The van der Waals surface area contributed by atoms with Gasteiger partial charge in [0, 0.05) is 51.5 Å². The van der Waals surface area contributed by atoms with Crippen molar-refractivity contribution in [3.05, 3.63) is 29.6 Å². The number of pyridine rings is 1. The molecule has 2 fully saturated rings. The number of hydrogen-bond donors (Lipinski definition) is 0. The summed E-state index contributed by atoms with van der Waals surface area (Å²) in [5.74, 6) is 0.105. The van der Waals surface area contributed by atoms with E-state index in [0.29, 0.717) is 5.69 Å². The molecule has 5 heteroatoms. The Hall–Kier alpha value is -1.46. The van der Waals surface area contributed by atoms with Crippen LogP contribution >= 0.6 is 0 Å². The number of rotatable bonds is 5. The number of aryl methyl sites for hydroxylation is 1. The average molecular weight is 345 g/mol. The fourth-order valence-electron chi connectivity index (χ4n) is 4.51. The summed E-state index contributed by atoms with van der Waals surface area (Å²) < 4.78 is 5.19. The normalized spacial score (nSPS) is 24.6. The van der Waals surface area contributed by atoms with Gasteiger partial charge in [-0.3, -0.25) is 9.78 Å². The molecule has 1 atom stereocenters. The van der Waals surface area contributed by atoms with Crippen molar-refractivity contribution < 1.29 is 9.53 Å². The summed E-state index contributed by atoms with van der Waals surface area (Å²) in [6, 6.07) is 3.86. The molecule has 2 aliphatic heterocycles. The maximum atomic E-state index is 13.0. The Morgan fingerprint density at radius 1 is 1.28 bits per heavy atom. The number of carbonyl (C=O) groups is 1. The molecule has 3 rings (SSSR count). The van der Waals surface area contributed by atoms with Crippen LogP contribution in [0.3, 0.4) is 0 Å². The summed E-state index contributed by atoms with van der Waals surface area (Å²) in [6.45, 7) is 7.93. The molecule has 0 aliphatic carbocycles. The monoisotopic (exact) mass is 345 g/mol. The Kier molecular flexibility index (Phi) is 6.07. The van der Waals surface area contributed by atoms with Crippen molar-refractivity contribution in [1.29, 1.82) is 0 Å². The lowest BCUT2D eigenvalue weighted by molar-refractivity contribution is 0.0115. The van der Waals surface area contributed by atoms with Crippen molar-refractivity contribution in [1.82, 2.24) is 14.8 Å². The lowest BCUT2D eigenvalue weighted by atomic mass is 9.73. The van der Waals surface area contributed by atoms with E-state index in [4.69, 9.17) is 4.74 Å². The lowest BCUT2D eigenvalue weighted by Crippen LogP contribution is -2.54. The number of ether oxygens (including phenoxy) is 1. The molecule has 5 nitrogen and oxygen atoms in total. The third-order valence-corrected chi connectivity index (χ3v) is 5.72. The zero-order chi connectivity index (χ0) is 17.7. The molecule has 1 spiro atoms. The van der Waals surface area contributed by atoms with Crippen LogP contribution in [-0.2, 0) is 4.74 Å². The van der Waals surface area contributed by atoms with Crippen LogP contribution in [0.2, 0.25) is 0 Å². The highest BCUT2D eigenvalue weighted by molar-refractivity contribution is 5.93. The van der Waals surface area contributed by atoms with E-state index in [0.717, 1.165) is 51.2 Å². The first kappa shape index (κ1) is 18.3. The van der Waals surface area contributed by atoms with Crippen LogP contribution in [-0.4, -0.2) is 67.1 Å². The van der Waals surface area contributed by atoms with Gasteiger partial charge in [-0.2, -0.15) is 0 Å². The third-order valence-electron chi connectivity index (χ3n) is 5.72. The van der Waals surface area contributed by atoms with Gasteiger partial charge in [-0.05, 0) is 57.2 Å². The van der Waals surface area contributed by atoms with Gasteiger partial charge in [-0.15, -0.1) is 0 Å². The van der Waals surface area contributed by atoms with Crippen molar-refractivity contribution >= 4 is 5.91 Å². The van der Waals surface area contributed by atoms with Gasteiger partial charge >= 0.3 is 0 Å². The molecule has 0 N–H and O–H groups in total. The van der Waals surface area contributed by atoms with Crippen LogP contribution in [0.15, 0.2) is 18.3 Å². The van der Waals surface area contributed by atoms with E-state index in [9.17, 15) is 4.79 Å². The molecule has 1 amide bonds.